The Bertz CT molecular complexity index is 1810. The Hall–Kier alpha value is -2.28. The van der Waals surface area contributed by atoms with Crippen molar-refractivity contribution in [3.05, 3.63) is 63.5 Å². The van der Waals surface area contributed by atoms with Crippen LogP contribution < -0.4 is 16.4 Å². The lowest BCUT2D eigenvalue weighted by molar-refractivity contribution is 0.595. The van der Waals surface area contributed by atoms with Crippen molar-refractivity contribution in [1.82, 2.24) is 8.75 Å². The lowest BCUT2D eigenvalue weighted by Gasteiger charge is -2.26. The summed E-state index contributed by atoms with van der Waals surface area (Å²) in [5.41, 5.74) is 13.7. The van der Waals surface area contributed by atoms with E-state index in [1.165, 1.54) is 70.0 Å². The average Bonchev–Trinajstić information content (AvgIpc) is 3.67. The number of hydrogen-bond acceptors (Lipinski definition) is 5. The van der Waals surface area contributed by atoms with Crippen LogP contribution in [0.1, 0.15) is 128 Å². The molecule has 0 saturated heterocycles. The molecule has 0 unspecified atom stereocenters. The average molecular weight is 625 g/mol. The molecular formula is C37H45BN2S3. The van der Waals surface area contributed by atoms with E-state index < -0.39 is 0 Å². The molecule has 6 rings (SSSR count). The summed E-state index contributed by atoms with van der Waals surface area (Å²) >= 11 is 5.30. The summed E-state index contributed by atoms with van der Waals surface area (Å²) in [5, 5.41) is 0. The van der Waals surface area contributed by atoms with Crippen molar-refractivity contribution in [3.8, 4) is 20.2 Å². The standard InChI is InChI=1S/C37H45BN2S3/c1-19(2)22-15-24(20(3)4)31(25(16-22)21(5)6)38-27-17-29(41-34(27)35-28(38)18-30(42-35)37(10,11)12)23-13-14-26(36(7,8)9)33-32(23)39-43-40-33/h13-21H,1-12H3. The van der Waals surface area contributed by atoms with Crippen LogP contribution in [-0.4, -0.2) is 15.5 Å². The van der Waals surface area contributed by atoms with Gasteiger partial charge in [0.15, 0.2) is 0 Å². The minimum Gasteiger partial charge on any atom is -0.173 e. The van der Waals surface area contributed by atoms with Crippen LogP contribution in [0.4, 0.5) is 0 Å². The molecule has 6 heteroatoms. The second kappa shape index (κ2) is 10.7. The summed E-state index contributed by atoms with van der Waals surface area (Å²) < 4.78 is 9.64. The van der Waals surface area contributed by atoms with Crippen molar-refractivity contribution in [3.63, 3.8) is 0 Å². The van der Waals surface area contributed by atoms with Crippen molar-refractivity contribution in [1.29, 1.82) is 0 Å². The van der Waals surface area contributed by atoms with Crippen LogP contribution in [0.5, 0.6) is 0 Å². The third kappa shape index (κ3) is 5.15. The van der Waals surface area contributed by atoms with E-state index >= 15 is 0 Å². The van der Waals surface area contributed by atoms with Crippen LogP contribution in [0.15, 0.2) is 36.4 Å². The fourth-order valence-electron chi connectivity index (χ4n) is 6.59. The quantitative estimate of drug-likeness (QED) is 0.179. The number of aromatic nitrogens is 2. The molecule has 0 bridgehead atoms. The van der Waals surface area contributed by atoms with Crippen molar-refractivity contribution in [2.75, 3.05) is 0 Å². The molecule has 0 fully saturated rings. The third-order valence-corrected chi connectivity index (χ3v) is 12.5. The predicted octanol–water partition coefficient (Wildman–Crippen LogP) is 9.94. The zero-order chi connectivity index (χ0) is 31.2. The number of hydrogen-bond donors (Lipinski definition) is 0. The van der Waals surface area contributed by atoms with Gasteiger partial charge in [0.05, 0.1) is 11.7 Å². The van der Waals surface area contributed by atoms with Crippen LogP contribution in [0.25, 0.3) is 31.2 Å². The van der Waals surface area contributed by atoms with Gasteiger partial charge in [-0.2, -0.15) is 8.75 Å². The molecule has 1 aliphatic rings. The van der Waals surface area contributed by atoms with Crippen molar-refractivity contribution in [2.45, 2.75) is 112 Å². The Morgan fingerprint density at radius 3 is 1.79 bits per heavy atom. The number of benzene rings is 2. The van der Waals surface area contributed by atoms with E-state index in [9.17, 15) is 0 Å². The van der Waals surface area contributed by atoms with E-state index in [1.807, 2.05) is 22.7 Å². The van der Waals surface area contributed by atoms with Gasteiger partial charge in [0, 0.05) is 25.1 Å². The molecule has 5 aromatic rings. The molecule has 0 N–H and O–H groups in total. The van der Waals surface area contributed by atoms with Gasteiger partial charge in [0.1, 0.15) is 11.0 Å². The van der Waals surface area contributed by atoms with E-state index in [-0.39, 0.29) is 17.5 Å². The normalized spacial score (nSPS) is 13.7. The zero-order valence-corrected chi connectivity index (χ0v) is 30.3. The van der Waals surface area contributed by atoms with Gasteiger partial charge in [-0.25, -0.2) is 0 Å². The Morgan fingerprint density at radius 2 is 1.23 bits per heavy atom. The minimum absolute atomic E-state index is 0.0205. The van der Waals surface area contributed by atoms with Gasteiger partial charge in [-0.1, -0.05) is 119 Å². The van der Waals surface area contributed by atoms with Gasteiger partial charge in [-0.05, 0) is 67.8 Å². The van der Waals surface area contributed by atoms with Gasteiger partial charge < -0.3 is 0 Å². The molecule has 4 heterocycles. The van der Waals surface area contributed by atoms with Gasteiger partial charge >= 0.3 is 0 Å². The van der Waals surface area contributed by atoms with Gasteiger partial charge in [-0.3, -0.25) is 0 Å². The minimum atomic E-state index is 0.0205. The van der Waals surface area contributed by atoms with Crippen LogP contribution >= 0.6 is 34.4 Å². The molecule has 0 atom stereocenters. The second-order valence-corrected chi connectivity index (χ2v) is 18.1. The largest absolute Gasteiger partial charge is 0.245 e. The van der Waals surface area contributed by atoms with Crippen molar-refractivity contribution < 1.29 is 0 Å². The summed E-state index contributed by atoms with van der Waals surface area (Å²) in [7, 11) is 0. The van der Waals surface area contributed by atoms with Crippen molar-refractivity contribution in [2.24, 2.45) is 0 Å². The highest BCUT2D eigenvalue weighted by Gasteiger charge is 2.41. The summed E-state index contributed by atoms with van der Waals surface area (Å²) in [6.45, 7) is 28.2. The molecule has 0 aliphatic carbocycles. The number of nitrogens with zero attached hydrogens (tertiary/aromatic N) is 2. The van der Waals surface area contributed by atoms with Crippen LogP contribution in [0.3, 0.4) is 0 Å². The van der Waals surface area contributed by atoms with Crippen LogP contribution in [0, 0.1) is 0 Å². The summed E-state index contributed by atoms with van der Waals surface area (Å²) in [6.07, 6.45) is 0. The topological polar surface area (TPSA) is 25.8 Å². The monoisotopic (exact) mass is 624 g/mol. The molecule has 0 amide bonds. The molecule has 0 radical (unpaired) electrons. The first-order chi connectivity index (χ1) is 20.1. The lowest BCUT2D eigenvalue weighted by Crippen LogP contribution is -2.52. The van der Waals surface area contributed by atoms with Gasteiger partial charge in [0.25, 0.3) is 0 Å². The molecule has 1 aliphatic heterocycles. The van der Waals surface area contributed by atoms with Crippen LogP contribution in [0.2, 0.25) is 0 Å². The SMILES string of the molecule is CC(C)c1cc(C(C)C)c(B2c3cc(-c4ccc(C(C)(C)C)c5nsnc45)sc3-c3sc(C(C)(C)C)cc32)c(C(C)C)c1. The lowest BCUT2D eigenvalue weighted by atomic mass is 9.37. The first kappa shape index (κ1) is 30.7. The number of thiophene rings is 2. The Morgan fingerprint density at radius 1 is 0.651 bits per heavy atom. The maximum absolute atomic E-state index is 4.85. The van der Waals surface area contributed by atoms with Crippen LogP contribution in [-0.2, 0) is 10.8 Å². The first-order valence-corrected chi connectivity index (χ1v) is 18.2. The predicted molar refractivity (Wildman–Crippen MR) is 195 cm³/mol. The molecule has 2 nitrogen and oxygen atoms in total. The summed E-state index contributed by atoms with van der Waals surface area (Å²) in [6, 6.07) is 14.7. The van der Waals surface area contributed by atoms with Gasteiger partial charge in [0.2, 0.25) is 6.71 Å². The fraction of sp³-hybridized carbons (Fsp3) is 0.459. The summed E-state index contributed by atoms with van der Waals surface area (Å²) in [4.78, 5) is 5.70. The highest BCUT2D eigenvalue weighted by molar-refractivity contribution is 7.29. The highest BCUT2D eigenvalue weighted by Crippen LogP contribution is 2.44. The molecular weight excluding hydrogens is 579 g/mol. The maximum atomic E-state index is 4.85. The zero-order valence-electron chi connectivity index (χ0n) is 27.9. The van der Waals surface area contributed by atoms with E-state index in [1.54, 1.807) is 5.46 Å². The molecule has 2 aromatic carbocycles. The number of rotatable bonds is 5. The Balaban J connectivity index is 1.63. The van der Waals surface area contributed by atoms with E-state index in [0.717, 1.165) is 11.0 Å². The van der Waals surface area contributed by atoms with E-state index in [0.29, 0.717) is 17.8 Å². The molecule has 224 valence electrons. The first-order valence-electron chi connectivity index (χ1n) is 15.8. The van der Waals surface area contributed by atoms with E-state index in [4.69, 9.17) is 8.75 Å². The molecule has 3 aromatic heterocycles. The molecule has 0 saturated carbocycles. The second-order valence-electron chi connectivity index (χ2n) is 15.4. The Kier molecular flexibility index (Phi) is 7.63. The van der Waals surface area contributed by atoms with Crippen molar-refractivity contribution >= 4 is 68.5 Å². The van der Waals surface area contributed by atoms with E-state index in [2.05, 4.69) is 119 Å². The molecule has 43 heavy (non-hydrogen) atoms. The molecule has 0 spiro atoms. The smallest absolute Gasteiger partial charge is 0.173 e. The maximum Gasteiger partial charge on any atom is 0.245 e. The van der Waals surface area contributed by atoms with Gasteiger partial charge in [-0.15, -0.1) is 22.7 Å². The number of fused-ring (bicyclic) bond motifs is 4. The highest BCUT2D eigenvalue weighted by atomic mass is 32.1. The third-order valence-electron chi connectivity index (χ3n) is 9.04. The fourth-order valence-corrected chi connectivity index (χ4v) is 9.82. The Labute approximate surface area is 271 Å². The summed E-state index contributed by atoms with van der Waals surface area (Å²) in [5.74, 6) is 1.40.